The molecule has 0 aliphatic rings. The summed E-state index contributed by atoms with van der Waals surface area (Å²) in [6.07, 6.45) is 0. The Labute approximate surface area is 612 Å². The van der Waals surface area contributed by atoms with Gasteiger partial charge < -0.3 is 17.9 Å². The van der Waals surface area contributed by atoms with Crippen LogP contribution in [-0.2, 0) is 26.2 Å². The number of hydrogen-bond donors (Lipinski definition) is 0. The zero-order valence-corrected chi connectivity index (χ0v) is 66.4. The van der Waals surface area contributed by atoms with E-state index < -0.39 is 0 Å². The number of quaternary nitrogens is 4. The lowest BCUT2D eigenvalue weighted by molar-refractivity contribution is -0.936. The van der Waals surface area contributed by atoms with Gasteiger partial charge in [0.1, 0.15) is 26.2 Å². The van der Waals surface area contributed by atoms with E-state index in [-0.39, 0.29) is 0 Å². The Morgan fingerprint density at radius 1 is 0.170 bits per heavy atom. The van der Waals surface area contributed by atoms with Crippen molar-refractivity contribution in [3.8, 4) is 44.5 Å². The van der Waals surface area contributed by atoms with Crippen molar-refractivity contribution < 1.29 is 17.9 Å². The monoisotopic (exact) mass is 1340 g/mol. The molecule has 0 N–H and O–H groups in total. The molecule has 4 heteroatoms. The van der Waals surface area contributed by atoms with Crippen molar-refractivity contribution in [2.45, 2.75) is 165 Å². The number of hydrogen-bond acceptors (Lipinski definition) is 0. The Bertz CT molecular complexity index is 3310. The molecule has 0 spiro atoms. The number of benzene rings is 10. The maximum Gasteiger partial charge on any atom is 0.104 e. The van der Waals surface area contributed by atoms with Crippen molar-refractivity contribution in [3.05, 3.63) is 310 Å². The second-order valence-corrected chi connectivity index (χ2v) is 27.3. The van der Waals surface area contributed by atoms with E-state index in [9.17, 15) is 0 Å². The van der Waals surface area contributed by atoms with Crippen molar-refractivity contribution in [1.82, 2.24) is 0 Å². The smallest absolute Gasteiger partial charge is 0.104 e. The third-order valence-electron chi connectivity index (χ3n) is 21.4. The van der Waals surface area contributed by atoms with E-state index in [1.807, 2.05) is 13.8 Å². The van der Waals surface area contributed by atoms with Gasteiger partial charge in [0.2, 0.25) is 0 Å². The Hall–Kier alpha value is -7.96. The maximum absolute atomic E-state index is 2.29. The third-order valence-corrected chi connectivity index (χ3v) is 21.4. The van der Waals surface area contributed by atoms with E-state index in [2.05, 4.69) is 379 Å². The second kappa shape index (κ2) is 45.0. The normalized spacial score (nSPS) is 11.0. The first-order chi connectivity index (χ1) is 48.3. The van der Waals surface area contributed by atoms with E-state index in [1.165, 1.54) is 223 Å². The lowest BCUT2D eigenvalue weighted by atomic mass is 9.91. The van der Waals surface area contributed by atoms with Gasteiger partial charge in [-0.15, -0.1) is 0 Å². The van der Waals surface area contributed by atoms with Crippen molar-refractivity contribution in [3.63, 3.8) is 0 Å². The van der Waals surface area contributed by atoms with Crippen LogP contribution >= 0.6 is 0 Å². The number of rotatable bonds is 24. The van der Waals surface area contributed by atoms with Gasteiger partial charge in [-0.2, -0.15) is 0 Å². The highest BCUT2D eigenvalue weighted by molar-refractivity contribution is 5.87. The quantitative estimate of drug-likeness (QED) is 0.0529. The minimum Gasteiger partial charge on any atom is -0.321 e. The van der Waals surface area contributed by atoms with Crippen molar-refractivity contribution in [2.24, 2.45) is 0 Å². The first-order valence-electron chi connectivity index (χ1n) is 38.4. The van der Waals surface area contributed by atoms with Crippen LogP contribution in [0.25, 0.3) is 44.5 Å². The topological polar surface area (TPSA) is 0 Å². The molecule has 0 fully saturated rings. The Balaban J connectivity index is 0.000000265. The molecule has 10 rings (SSSR count). The summed E-state index contributed by atoms with van der Waals surface area (Å²) in [7, 11) is 0. The largest absolute Gasteiger partial charge is 0.321 e. The average Bonchev–Trinajstić information content (AvgIpc) is 0.801. The molecule has 0 heterocycles. The van der Waals surface area contributed by atoms with Crippen LogP contribution in [0.4, 0.5) is 0 Å². The van der Waals surface area contributed by atoms with Crippen LogP contribution < -0.4 is 0 Å². The van der Waals surface area contributed by atoms with Gasteiger partial charge in [0.25, 0.3) is 0 Å². The van der Waals surface area contributed by atoms with Crippen LogP contribution in [0.5, 0.6) is 0 Å². The van der Waals surface area contributed by atoms with E-state index in [4.69, 9.17) is 0 Å². The second-order valence-electron chi connectivity index (χ2n) is 27.3. The van der Waals surface area contributed by atoms with Gasteiger partial charge in [-0.3, -0.25) is 0 Å². The summed E-state index contributed by atoms with van der Waals surface area (Å²) in [6, 6.07) is 91.7. The van der Waals surface area contributed by atoms with E-state index in [0.29, 0.717) is 0 Å². The summed E-state index contributed by atoms with van der Waals surface area (Å²) in [5.74, 6) is 0. The summed E-state index contributed by atoms with van der Waals surface area (Å²) in [5, 5.41) is 0. The van der Waals surface area contributed by atoms with Gasteiger partial charge in [0.05, 0.1) is 78.5 Å². The molecule has 0 amide bonds. The highest BCUT2D eigenvalue weighted by Crippen LogP contribution is 2.36. The number of aryl methyl sites for hydroxylation is 6. The van der Waals surface area contributed by atoms with Crippen LogP contribution in [-0.4, -0.2) is 96.5 Å². The molecular weight excluding hydrogens is 1210 g/mol. The van der Waals surface area contributed by atoms with Gasteiger partial charge in [0.15, 0.2) is 0 Å². The molecule has 4 nitrogen and oxygen atoms in total. The average molecular weight is 1340 g/mol. The summed E-state index contributed by atoms with van der Waals surface area (Å²) >= 11 is 0. The minimum absolute atomic E-state index is 1.17. The summed E-state index contributed by atoms with van der Waals surface area (Å²) in [4.78, 5) is 0. The first-order valence-corrected chi connectivity index (χ1v) is 38.4. The van der Waals surface area contributed by atoms with Crippen molar-refractivity contribution in [2.75, 3.05) is 78.5 Å². The summed E-state index contributed by atoms with van der Waals surface area (Å²) < 4.78 is 4.79. The van der Waals surface area contributed by atoms with Crippen molar-refractivity contribution in [1.29, 1.82) is 0 Å². The fraction of sp³-hybridized carbons (Fsp3) is 0.375. The third kappa shape index (κ3) is 27.2. The highest BCUT2D eigenvalue weighted by Gasteiger charge is 2.24. The van der Waals surface area contributed by atoms with Crippen LogP contribution in [0.15, 0.2) is 255 Å². The zero-order valence-electron chi connectivity index (χ0n) is 66.4. The molecule has 0 aliphatic carbocycles. The van der Waals surface area contributed by atoms with Crippen LogP contribution in [0.1, 0.15) is 153 Å². The molecule has 0 saturated heterocycles. The van der Waals surface area contributed by atoms with Crippen LogP contribution in [0, 0.1) is 41.5 Å². The van der Waals surface area contributed by atoms with E-state index in [0.717, 1.165) is 0 Å². The lowest BCUT2D eigenvalue weighted by Gasteiger charge is -2.35. The fourth-order valence-electron chi connectivity index (χ4n) is 13.0. The predicted molar refractivity (Wildman–Crippen MR) is 443 cm³/mol. The van der Waals surface area contributed by atoms with Gasteiger partial charge >= 0.3 is 0 Å². The van der Waals surface area contributed by atoms with E-state index in [1.54, 1.807) is 0 Å². The van der Waals surface area contributed by atoms with Gasteiger partial charge in [0, 0.05) is 22.3 Å². The van der Waals surface area contributed by atoms with Gasteiger partial charge in [-0.05, 0) is 169 Å². The predicted octanol–water partition coefficient (Wildman–Crippen LogP) is 25.2. The summed E-state index contributed by atoms with van der Waals surface area (Å²) in [5.41, 5.74) is 23.9. The lowest BCUT2D eigenvalue weighted by Crippen LogP contribution is -2.46. The molecule has 0 radical (unpaired) electrons. The number of nitrogens with zero attached hydrogens (tertiary/aromatic N) is 4. The fourth-order valence-corrected chi connectivity index (χ4v) is 13.0. The molecule has 0 unspecified atom stereocenters. The van der Waals surface area contributed by atoms with Crippen LogP contribution in [0.3, 0.4) is 0 Å². The summed E-state index contributed by atoms with van der Waals surface area (Å²) in [6.45, 7) is 63.6. The Morgan fingerprint density at radius 2 is 0.310 bits per heavy atom. The van der Waals surface area contributed by atoms with E-state index >= 15 is 0 Å². The Morgan fingerprint density at radius 3 is 0.470 bits per heavy atom. The molecular formula is C96H134N4+4. The zero-order chi connectivity index (χ0) is 73.4. The van der Waals surface area contributed by atoms with Gasteiger partial charge in [-0.1, -0.05) is 302 Å². The molecule has 10 aromatic rings. The van der Waals surface area contributed by atoms with Crippen LogP contribution in [0.2, 0.25) is 0 Å². The molecule has 534 valence electrons. The van der Waals surface area contributed by atoms with Crippen molar-refractivity contribution >= 4 is 0 Å². The first kappa shape index (κ1) is 84.5. The standard InChI is InChI=1S/C30H22.4C14H24N.C8H10.C2H6/c1-3-11-23(12-4-1)27-15-7-9-17-29(27)25-19-21-26(22-20-25)30-18-10-8-16-28(30)24-13-5-2-6-14-24;4*1-5-15(6-2,7-3)12-14-10-8-13(4)9-11-14;1-7-3-5-8(2)6-4-7;1-2/h1-22H;4*8-11H,5-7,12H2,1-4H3;3-6H,1-2H3;1-2H3/q;4*+1;;. The Kier molecular flexibility index (Phi) is 38.0. The molecule has 0 saturated carbocycles. The molecule has 100 heavy (non-hydrogen) atoms. The SMILES string of the molecule is CC.CC[N+](CC)(CC)Cc1ccc(C)cc1.CC[N+](CC)(CC)Cc1ccc(C)cc1.CC[N+](CC)(CC)Cc1ccc(C)cc1.CC[N+](CC)(CC)Cc1ccc(C)cc1.Cc1ccc(C)cc1.c1ccc(-c2ccccc2-c2ccc(-c3ccccc3-c3ccccc3)cc2)cc1. The molecule has 0 aliphatic heterocycles. The highest BCUT2D eigenvalue weighted by atomic mass is 15.4. The van der Waals surface area contributed by atoms with Gasteiger partial charge in [-0.25, -0.2) is 0 Å². The molecule has 10 aromatic carbocycles. The minimum atomic E-state index is 1.17. The molecule has 0 bridgehead atoms. The molecule has 0 aromatic heterocycles. The maximum atomic E-state index is 2.29. The molecule has 0 atom stereocenters.